The zero-order valence-electron chi connectivity index (χ0n) is 16.7. The number of nitrogens with one attached hydrogen (secondary N) is 2. The van der Waals surface area contributed by atoms with Crippen molar-refractivity contribution in [1.82, 2.24) is 19.5 Å². The molecule has 152 valence electrons. The minimum absolute atomic E-state index is 0.677. The van der Waals surface area contributed by atoms with Gasteiger partial charge in [0.15, 0.2) is 0 Å². The molecule has 3 heterocycles. The van der Waals surface area contributed by atoms with Gasteiger partial charge in [0.1, 0.15) is 18.0 Å². The fraction of sp³-hybridized carbons (Fsp3) is 0.227. The minimum atomic E-state index is 0.677. The van der Waals surface area contributed by atoms with Crippen LogP contribution < -0.4 is 15.5 Å². The van der Waals surface area contributed by atoms with Gasteiger partial charge in [-0.2, -0.15) is 0 Å². The van der Waals surface area contributed by atoms with Gasteiger partial charge in [-0.1, -0.05) is 12.1 Å². The third-order valence-electron chi connectivity index (χ3n) is 5.21. The predicted octanol–water partition coefficient (Wildman–Crippen LogP) is 3.69. The second kappa shape index (κ2) is 8.00. The molecule has 1 fully saturated rings. The second-order valence-corrected chi connectivity index (χ2v) is 7.17. The molecule has 1 aliphatic heterocycles. The van der Waals surface area contributed by atoms with Gasteiger partial charge >= 0.3 is 0 Å². The number of para-hydroxylation sites is 2. The molecule has 0 spiro atoms. The van der Waals surface area contributed by atoms with Gasteiger partial charge in [0, 0.05) is 37.6 Å². The van der Waals surface area contributed by atoms with Gasteiger partial charge in [0.05, 0.1) is 24.2 Å². The van der Waals surface area contributed by atoms with Crippen LogP contribution in [0.1, 0.15) is 0 Å². The number of ether oxygens (including phenoxy) is 1. The van der Waals surface area contributed by atoms with Gasteiger partial charge in [-0.3, -0.25) is 0 Å². The van der Waals surface area contributed by atoms with E-state index in [9.17, 15) is 0 Å². The normalized spacial score (nSPS) is 14.1. The first-order valence-electron chi connectivity index (χ1n) is 9.96. The van der Waals surface area contributed by atoms with Gasteiger partial charge in [0.25, 0.3) is 0 Å². The second-order valence-electron chi connectivity index (χ2n) is 7.17. The molecule has 0 unspecified atom stereocenters. The minimum Gasteiger partial charge on any atom is -0.378 e. The molecule has 0 saturated carbocycles. The van der Waals surface area contributed by atoms with E-state index in [2.05, 4.69) is 54.8 Å². The SMILES string of the molecule is Cn1c(Nc2cc(Nc3ccc(N4CCOCC4)cc3)ncn2)nc2ccccc21. The Hall–Kier alpha value is -3.65. The van der Waals surface area contributed by atoms with Crippen molar-refractivity contribution in [2.45, 2.75) is 0 Å². The van der Waals surface area contributed by atoms with Crippen LogP contribution in [0.3, 0.4) is 0 Å². The number of nitrogens with zero attached hydrogens (tertiary/aromatic N) is 5. The Bertz CT molecular complexity index is 1150. The number of anilines is 5. The first-order valence-corrected chi connectivity index (χ1v) is 9.96. The highest BCUT2D eigenvalue weighted by molar-refractivity contribution is 5.79. The third-order valence-corrected chi connectivity index (χ3v) is 5.21. The Labute approximate surface area is 174 Å². The average molecular weight is 401 g/mol. The monoisotopic (exact) mass is 401 g/mol. The lowest BCUT2D eigenvalue weighted by Crippen LogP contribution is -2.36. The first kappa shape index (κ1) is 18.4. The molecule has 2 aromatic heterocycles. The summed E-state index contributed by atoms with van der Waals surface area (Å²) in [5, 5.41) is 6.62. The smallest absolute Gasteiger partial charge is 0.209 e. The molecule has 0 bridgehead atoms. The Kier molecular flexibility index (Phi) is 4.90. The lowest BCUT2D eigenvalue weighted by molar-refractivity contribution is 0.122. The molecular formula is C22H23N7O. The number of hydrogen-bond donors (Lipinski definition) is 2. The molecule has 0 aliphatic carbocycles. The van der Waals surface area contributed by atoms with Crippen LogP contribution in [0.4, 0.5) is 29.0 Å². The van der Waals surface area contributed by atoms with Crippen LogP contribution in [0.25, 0.3) is 11.0 Å². The summed E-state index contributed by atoms with van der Waals surface area (Å²) in [5.41, 5.74) is 4.18. The van der Waals surface area contributed by atoms with Crippen LogP contribution in [-0.4, -0.2) is 45.8 Å². The van der Waals surface area contributed by atoms with Gasteiger partial charge < -0.3 is 24.8 Å². The Morgan fingerprint density at radius 3 is 2.40 bits per heavy atom. The van der Waals surface area contributed by atoms with Crippen LogP contribution in [0.15, 0.2) is 60.9 Å². The summed E-state index contributed by atoms with van der Waals surface area (Å²) in [5.74, 6) is 2.12. The first-order chi connectivity index (χ1) is 14.8. The van der Waals surface area contributed by atoms with Gasteiger partial charge in [0.2, 0.25) is 5.95 Å². The van der Waals surface area contributed by atoms with E-state index in [0.717, 1.165) is 49.0 Å². The summed E-state index contributed by atoms with van der Waals surface area (Å²) < 4.78 is 7.43. The molecule has 4 aromatic rings. The Morgan fingerprint density at radius 1 is 0.900 bits per heavy atom. The topological polar surface area (TPSA) is 80.1 Å². The number of aromatic nitrogens is 4. The summed E-state index contributed by atoms with van der Waals surface area (Å²) in [7, 11) is 1.98. The van der Waals surface area contributed by atoms with Crippen LogP contribution in [0.2, 0.25) is 0 Å². The van der Waals surface area contributed by atoms with Crippen molar-refractivity contribution in [3.8, 4) is 0 Å². The summed E-state index contributed by atoms with van der Waals surface area (Å²) in [6.45, 7) is 3.41. The number of morpholine rings is 1. The molecule has 1 saturated heterocycles. The number of rotatable bonds is 5. The fourth-order valence-corrected chi connectivity index (χ4v) is 3.59. The van der Waals surface area contributed by atoms with Crippen molar-refractivity contribution in [3.05, 3.63) is 60.9 Å². The summed E-state index contributed by atoms with van der Waals surface area (Å²) in [6, 6.07) is 18.3. The quantitative estimate of drug-likeness (QED) is 0.528. The predicted molar refractivity (Wildman–Crippen MR) is 119 cm³/mol. The van der Waals surface area contributed by atoms with Crippen molar-refractivity contribution in [2.75, 3.05) is 41.8 Å². The van der Waals surface area contributed by atoms with E-state index in [-0.39, 0.29) is 0 Å². The number of fused-ring (bicyclic) bond motifs is 1. The highest BCUT2D eigenvalue weighted by Gasteiger charge is 2.11. The van der Waals surface area contributed by atoms with Gasteiger partial charge in [-0.25, -0.2) is 15.0 Å². The molecule has 2 N–H and O–H groups in total. The zero-order chi connectivity index (χ0) is 20.3. The fourth-order valence-electron chi connectivity index (χ4n) is 3.59. The average Bonchev–Trinajstić information content (AvgIpc) is 3.11. The maximum Gasteiger partial charge on any atom is 0.209 e. The highest BCUT2D eigenvalue weighted by atomic mass is 16.5. The maximum absolute atomic E-state index is 5.42. The zero-order valence-corrected chi connectivity index (χ0v) is 16.7. The molecule has 0 atom stereocenters. The lowest BCUT2D eigenvalue weighted by atomic mass is 10.2. The number of hydrogen-bond acceptors (Lipinski definition) is 7. The van der Waals surface area contributed by atoms with E-state index in [1.165, 1.54) is 12.0 Å². The van der Waals surface area contributed by atoms with Gasteiger partial charge in [-0.15, -0.1) is 0 Å². The van der Waals surface area contributed by atoms with E-state index < -0.39 is 0 Å². The van der Waals surface area contributed by atoms with Crippen molar-refractivity contribution >= 4 is 40.0 Å². The molecule has 5 rings (SSSR count). The number of benzene rings is 2. The summed E-state index contributed by atoms with van der Waals surface area (Å²) >= 11 is 0. The van der Waals surface area contributed by atoms with E-state index in [1.807, 2.05) is 41.9 Å². The molecular weight excluding hydrogens is 378 g/mol. The summed E-state index contributed by atoms with van der Waals surface area (Å²) in [4.78, 5) is 15.6. The van der Waals surface area contributed by atoms with Crippen molar-refractivity contribution in [2.24, 2.45) is 7.05 Å². The molecule has 0 amide bonds. The maximum atomic E-state index is 5.42. The Balaban J connectivity index is 1.30. The highest BCUT2D eigenvalue weighted by Crippen LogP contribution is 2.24. The van der Waals surface area contributed by atoms with Crippen molar-refractivity contribution < 1.29 is 4.74 Å². The van der Waals surface area contributed by atoms with Gasteiger partial charge in [-0.05, 0) is 36.4 Å². The van der Waals surface area contributed by atoms with Crippen LogP contribution in [-0.2, 0) is 11.8 Å². The third kappa shape index (κ3) is 3.77. The molecule has 30 heavy (non-hydrogen) atoms. The number of aryl methyl sites for hydroxylation is 1. The van der Waals surface area contributed by atoms with E-state index in [1.54, 1.807) is 0 Å². The molecule has 0 radical (unpaired) electrons. The van der Waals surface area contributed by atoms with Crippen molar-refractivity contribution in [3.63, 3.8) is 0 Å². The van der Waals surface area contributed by atoms with Crippen LogP contribution >= 0.6 is 0 Å². The van der Waals surface area contributed by atoms with Crippen LogP contribution in [0, 0.1) is 0 Å². The summed E-state index contributed by atoms with van der Waals surface area (Å²) in [6.07, 6.45) is 1.54. The largest absolute Gasteiger partial charge is 0.378 e. The van der Waals surface area contributed by atoms with Crippen molar-refractivity contribution in [1.29, 1.82) is 0 Å². The molecule has 8 nitrogen and oxygen atoms in total. The molecule has 1 aliphatic rings. The van der Waals surface area contributed by atoms with E-state index >= 15 is 0 Å². The van der Waals surface area contributed by atoms with E-state index in [4.69, 9.17) is 4.74 Å². The van der Waals surface area contributed by atoms with Crippen LogP contribution in [0.5, 0.6) is 0 Å². The Morgan fingerprint density at radius 2 is 1.63 bits per heavy atom. The lowest BCUT2D eigenvalue weighted by Gasteiger charge is -2.28. The standard InChI is InChI=1S/C22H23N7O/c1-28-19-5-3-2-4-18(19)26-22(28)27-21-14-20(23-15-24-21)25-16-6-8-17(9-7-16)29-10-12-30-13-11-29/h2-9,14-15H,10-13H2,1H3,(H2,23,24,25,26,27). The number of imidazole rings is 1. The van der Waals surface area contributed by atoms with E-state index in [0.29, 0.717) is 11.6 Å². The molecule has 8 heteroatoms. The molecule has 2 aromatic carbocycles.